The third-order valence-corrected chi connectivity index (χ3v) is 5.25. The van der Waals surface area contributed by atoms with E-state index in [4.69, 9.17) is 14.8 Å². The van der Waals surface area contributed by atoms with Crippen LogP contribution in [0.3, 0.4) is 0 Å². The minimum absolute atomic E-state index is 0.203. The lowest BCUT2D eigenvalue weighted by Crippen LogP contribution is -2.11. The summed E-state index contributed by atoms with van der Waals surface area (Å²) in [4.78, 5) is 27.5. The van der Waals surface area contributed by atoms with Crippen molar-refractivity contribution in [2.45, 2.75) is 26.9 Å². The van der Waals surface area contributed by atoms with Gasteiger partial charge in [-0.1, -0.05) is 43.3 Å². The van der Waals surface area contributed by atoms with Gasteiger partial charge in [-0.15, -0.1) is 0 Å². The molecule has 2 heterocycles. The Hall–Kier alpha value is -3.44. The van der Waals surface area contributed by atoms with E-state index in [0.29, 0.717) is 11.3 Å². The van der Waals surface area contributed by atoms with Crippen LogP contribution in [0.4, 0.5) is 0 Å². The quantitative estimate of drug-likeness (QED) is 0.321. The lowest BCUT2D eigenvalue weighted by Gasteiger charge is -2.13. The highest BCUT2D eigenvalue weighted by atomic mass is 17.2. The summed E-state index contributed by atoms with van der Waals surface area (Å²) < 4.78 is 2.09. The largest absolute Gasteiger partial charge is 0.374 e. The number of pyridine rings is 1. The molecule has 5 heteroatoms. The number of carbonyl (C=O) groups excluding carboxylic acids is 1. The molecule has 0 atom stereocenters. The van der Waals surface area contributed by atoms with Crippen molar-refractivity contribution < 1.29 is 14.6 Å². The minimum Gasteiger partial charge on any atom is -0.351 e. The van der Waals surface area contributed by atoms with Gasteiger partial charge in [-0.05, 0) is 48.7 Å². The molecule has 0 radical (unpaired) electrons. The van der Waals surface area contributed by atoms with Crippen molar-refractivity contribution >= 4 is 16.9 Å². The molecule has 0 saturated carbocycles. The third kappa shape index (κ3) is 3.98. The van der Waals surface area contributed by atoms with Crippen LogP contribution in [0.5, 0.6) is 0 Å². The summed E-state index contributed by atoms with van der Waals surface area (Å²) in [6.07, 6.45) is 2.79. The fourth-order valence-corrected chi connectivity index (χ4v) is 3.57. The van der Waals surface area contributed by atoms with Crippen LogP contribution < -0.4 is 0 Å². The Bertz CT molecular complexity index is 1200. The third-order valence-electron chi connectivity index (χ3n) is 5.25. The van der Waals surface area contributed by atoms with Crippen LogP contribution >= 0.6 is 0 Å². The van der Waals surface area contributed by atoms with Crippen LogP contribution in [-0.2, 0) is 29.9 Å². The maximum atomic E-state index is 12.6. The number of hydrogen-bond donors (Lipinski definition) is 0. The maximum Gasteiger partial charge on any atom is 0.374 e. The zero-order valence-corrected chi connectivity index (χ0v) is 17.4. The van der Waals surface area contributed by atoms with Crippen molar-refractivity contribution in [3.8, 4) is 11.3 Å². The van der Waals surface area contributed by atoms with Crippen molar-refractivity contribution in [1.82, 2.24) is 9.55 Å². The monoisotopic (exact) mass is 400 g/mol. The summed E-state index contributed by atoms with van der Waals surface area (Å²) >= 11 is 0. The van der Waals surface area contributed by atoms with E-state index in [-0.39, 0.29) is 6.61 Å². The van der Waals surface area contributed by atoms with Gasteiger partial charge in [-0.25, -0.2) is 4.79 Å². The van der Waals surface area contributed by atoms with Crippen LogP contribution in [0.2, 0.25) is 0 Å². The van der Waals surface area contributed by atoms with E-state index >= 15 is 0 Å². The van der Waals surface area contributed by atoms with Gasteiger partial charge in [-0.2, -0.15) is 4.89 Å². The number of nitrogens with zero attached hydrogens (tertiary/aromatic N) is 2. The number of aromatic nitrogens is 2. The van der Waals surface area contributed by atoms with Gasteiger partial charge in [0.2, 0.25) is 0 Å². The molecule has 5 nitrogen and oxygen atoms in total. The summed E-state index contributed by atoms with van der Waals surface area (Å²) in [5.41, 5.74) is 6.06. The van der Waals surface area contributed by atoms with Gasteiger partial charge in [0.05, 0.1) is 17.0 Å². The van der Waals surface area contributed by atoms with E-state index in [1.54, 1.807) is 0 Å². The molecule has 152 valence electrons. The molecule has 0 aliphatic heterocycles. The molecule has 0 saturated heterocycles. The van der Waals surface area contributed by atoms with E-state index in [2.05, 4.69) is 35.8 Å². The average Bonchev–Trinajstić information content (AvgIpc) is 3.14. The molecule has 30 heavy (non-hydrogen) atoms. The van der Waals surface area contributed by atoms with Crippen molar-refractivity contribution in [2.75, 3.05) is 0 Å². The van der Waals surface area contributed by atoms with Gasteiger partial charge in [0.1, 0.15) is 6.61 Å². The Balaban J connectivity index is 1.57. The second kappa shape index (κ2) is 8.51. The van der Waals surface area contributed by atoms with E-state index in [1.165, 1.54) is 5.52 Å². The van der Waals surface area contributed by atoms with Crippen LogP contribution in [0, 0.1) is 6.92 Å². The molecule has 4 aromatic rings. The first-order chi connectivity index (χ1) is 14.6. The van der Waals surface area contributed by atoms with Gasteiger partial charge < -0.3 is 4.57 Å². The zero-order chi connectivity index (χ0) is 21.1. The molecule has 2 aromatic heterocycles. The van der Waals surface area contributed by atoms with E-state index in [9.17, 15) is 4.79 Å². The molecule has 0 bridgehead atoms. The molecule has 2 aromatic carbocycles. The number of aryl methyl sites for hydroxylation is 3. The molecular weight excluding hydrogens is 376 g/mol. The highest BCUT2D eigenvalue weighted by Crippen LogP contribution is 2.28. The fraction of sp³-hybridized carbons (Fsp3) is 0.200. The lowest BCUT2D eigenvalue weighted by atomic mass is 9.99. The van der Waals surface area contributed by atoms with E-state index < -0.39 is 5.97 Å². The van der Waals surface area contributed by atoms with Gasteiger partial charge in [0.25, 0.3) is 0 Å². The minimum atomic E-state index is -0.532. The Morgan fingerprint density at radius 2 is 1.87 bits per heavy atom. The smallest absolute Gasteiger partial charge is 0.351 e. The highest BCUT2D eigenvalue weighted by Gasteiger charge is 2.18. The van der Waals surface area contributed by atoms with Gasteiger partial charge in [0, 0.05) is 29.7 Å². The Morgan fingerprint density at radius 1 is 1.07 bits per heavy atom. The molecule has 0 N–H and O–H groups in total. The highest BCUT2D eigenvalue weighted by molar-refractivity contribution is 5.91. The normalized spacial score (nSPS) is 11.0. The molecule has 0 aliphatic carbocycles. The number of hydrogen-bond acceptors (Lipinski definition) is 4. The first-order valence-corrected chi connectivity index (χ1v) is 10.0. The van der Waals surface area contributed by atoms with Crippen LogP contribution in [0.1, 0.15) is 34.1 Å². The van der Waals surface area contributed by atoms with Crippen molar-refractivity contribution in [3.63, 3.8) is 0 Å². The standard InChI is InChI=1S/C25H24N2O3/c1-4-19-15-22(25(28)30-29-16-18-8-6-5-7-9-18)17(2)26-24(19)21-10-11-23-20(14-21)12-13-27(23)3/h5-15H,4,16H2,1-3H3. The van der Waals surface area contributed by atoms with Crippen LogP contribution in [0.25, 0.3) is 22.2 Å². The maximum absolute atomic E-state index is 12.6. The molecular formula is C25H24N2O3. The summed E-state index contributed by atoms with van der Waals surface area (Å²) in [6.45, 7) is 4.07. The number of carbonyl (C=O) groups is 1. The second-order valence-electron chi connectivity index (χ2n) is 7.30. The summed E-state index contributed by atoms with van der Waals surface area (Å²) in [5.74, 6) is -0.532. The Kier molecular flexibility index (Phi) is 5.63. The van der Waals surface area contributed by atoms with Crippen LogP contribution in [-0.4, -0.2) is 15.5 Å². The predicted octanol–water partition coefficient (Wildman–Crippen LogP) is 5.40. The molecule has 0 aliphatic rings. The number of rotatable bonds is 6. The van der Waals surface area contributed by atoms with E-state index in [0.717, 1.165) is 34.2 Å². The zero-order valence-electron chi connectivity index (χ0n) is 17.4. The van der Waals surface area contributed by atoms with Gasteiger partial charge in [-0.3, -0.25) is 9.87 Å². The molecule has 0 fully saturated rings. The van der Waals surface area contributed by atoms with Gasteiger partial charge >= 0.3 is 5.97 Å². The topological polar surface area (TPSA) is 53.4 Å². The average molecular weight is 400 g/mol. The summed E-state index contributed by atoms with van der Waals surface area (Å²) in [7, 11) is 2.03. The molecule has 0 unspecified atom stereocenters. The molecule has 0 amide bonds. The fourth-order valence-electron chi connectivity index (χ4n) is 3.57. The summed E-state index contributed by atoms with van der Waals surface area (Å²) in [6, 6.07) is 19.8. The Morgan fingerprint density at radius 3 is 2.63 bits per heavy atom. The van der Waals surface area contributed by atoms with Crippen molar-refractivity contribution in [3.05, 3.63) is 89.2 Å². The second-order valence-corrected chi connectivity index (χ2v) is 7.30. The van der Waals surface area contributed by atoms with Crippen LogP contribution in [0.15, 0.2) is 66.9 Å². The summed E-state index contributed by atoms with van der Waals surface area (Å²) in [5, 5.41) is 1.16. The van der Waals surface area contributed by atoms with Crippen molar-refractivity contribution in [1.29, 1.82) is 0 Å². The predicted molar refractivity (Wildman–Crippen MR) is 117 cm³/mol. The first-order valence-electron chi connectivity index (χ1n) is 10.0. The lowest BCUT2D eigenvalue weighted by molar-refractivity contribution is -0.250. The first kappa shape index (κ1) is 19.9. The van der Waals surface area contributed by atoms with Gasteiger partial charge in [0.15, 0.2) is 0 Å². The molecule has 4 rings (SSSR count). The number of benzene rings is 2. The van der Waals surface area contributed by atoms with Crippen molar-refractivity contribution in [2.24, 2.45) is 7.05 Å². The Labute approximate surface area is 175 Å². The number of fused-ring (bicyclic) bond motifs is 1. The molecule has 0 spiro atoms. The SMILES string of the molecule is CCc1cc(C(=O)OOCc2ccccc2)c(C)nc1-c1ccc2c(ccn2C)c1. The van der Waals surface area contributed by atoms with E-state index in [1.807, 2.05) is 56.6 Å².